The fourth-order valence-electron chi connectivity index (χ4n) is 4.13. The summed E-state index contributed by atoms with van der Waals surface area (Å²) in [6, 6.07) is 17.6. The van der Waals surface area contributed by atoms with Gasteiger partial charge in [0.15, 0.2) is 0 Å². The number of benzene rings is 3. The summed E-state index contributed by atoms with van der Waals surface area (Å²) in [5, 5.41) is 10.3. The van der Waals surface area contributed by atoms with E-state index in [1.807, 2.05) is 70.2 Å². The van der Waals surface area contributed by atoms with E-state index in [-0.39, 0.29) is 30.2 Å². The van der Waals surface area contributed by atoms with Gasteiger partial charge in [-0.15, -0.1) is 0 Å². The Balaban J connectivity index is 1.69. The second-order valence-electron chi connectivity index (χ2n) is 10.9. The number of carbonyl (C=O) groups excluding carboxylic acids is 3. The van der Waals surface area contributed by atoms with Crippen LogP contribution in [0.25, 0.3) is 10.8 Å². The molecule has 0 aliphatic rings. The highest BCUT2D eigenvalue weighted by Gasteiger charge is 2.29. The van der Waals surface area contributed by atoms with Gasteiger partial charge in [-0.05, 0) is 69.5 Å². The zero-order valence-corrected chi connectivity index (χ0v) is 24.4. The number of aryl methyl sites for hydroxylation is 1. The maximum atomic E-state index is 13.2. The van der Waals surface area contributed by atoms with Crippen molar-refractivity contribution in [2.24, 2.45) is 0 Å². The molecule has 3 aromatic rings. The van der Waals surface area contributed by atoms with Crippen LogP contribution in [0.1, 0.15) is 51.7 Å². The number of carbonyl (C=O) groups is 3. The molecule has 0 unspecified atom stereocenters. The normalized spacial score (nSPS) is 13.3. The predicted molar refractivity (Wildman–Crippen MR) is 156 cm³/mol. The summed E-state index contributed by atoms with van der Waals surface area (Å²) in [6.07, 6.45) is -0.184. The molecular weight excluding hydrogens is 528 g/mol. The van der Waals surface area contributed by atoms with E-state index in [4.69, 9.17) is 0 Å². The first-order chi connectivity index (χ1) is 18.7. The van der Waals surface area contributed by atoms with Crippen LogP contribution in [0, 0.1) is 6.92 Å². The van der Waals surface area contributed by atoms with Crippen LogP contribution in [0.5, 0.6) is 0 Å². The van der Waals surface area contributed by atoms with Crippen LogP contribution >= 0.6 is 0 Å². The van der Waals surface area contributed by atoms with Gasteiger partial charge in [-0.2, -0.15) is 4.72 Å². The van der Waals surface area contributed by atoms with Gasteiger partial charge >= 0.3 is 0 Å². The minimum atomic E-state index is -4.07. The SMILES string of the molecule is Cc1ccc(S(=O)(=O)N[C@@H](CCC(=O)NC(C)(C)C)C(=O)N[C@@H](C)C(=O)NCc2cccc3ccccc23)cc1. The van der Waals surface area contributed by atoms with Gasteiger partial charge in [-0.3, -0.25) is 14.4 Å². The van der Waals surface area contributed by atoms with Crippen LogP contribution in [-0.2, 0) is 31.0 Å². The first-order valence-corrected chi connectivity index (χ1v) is 14.7. The third kappa shape index (κ3) is 8.89. The van der Waals surface area contributed by atoms with E-state index in [0.29, 0.717) is 0 Å². The van der Waals surface area contributed by atoms with Crippen LogP contribution in [0.2, 0.25) is 0 Å². The van der Waals surface area contributed by atoms with Crippen molar-refractivity contribution in [2.45, 2.75) is 76.5 Å². The Morgan fingerprint density at radius 2 is 1.52 bits per heavy atom. The highest BCUT2D eigenvalue weighted by molar-refractivity contribution is 7.89. The first-order valence-electron chi connectivity index (χ1n) is 13.2. The molecule has 0 fully saturated rings. The molecule has 3 aromatic carbocycles. The van der Waals surface area contributed by atoms with Crippen LogP contribution in [0.15, 0.2) is 71.6 Å². The Bertz CT molecular complexity index is 1460. The Hall–Kier alpha value is -3.76. The monoisotopic (exact) mass is 566 g/mol. The lowest BCUT2D eigenvalue weighted by atomic mass is 10.0. The van der Waals surface area contributed by atoms with Crippen LogP contribution in [-0.4, -0.2) is 43.8 Å². The van der Waals surface area contributed by atoms with Crippen molar-refractivity contribution < 1.29 is 22.8 Å². The first kappa shape index (κ1) is 30.8. The minimum Gasteiger partial charge on any atom is -0.352 e. The summed E-state index contributed by atoms with van der Waals surface area (Å²) in [5.41, 5.74) is 1.33. The highest BCUT2D eigenvalue weighted by Crippen LogP contribution is 2.18. The maximum absolute atomic E-state index is 13.2. The summed E-state index contributed by atoms with van der Waals surface area (Å²) in [6.45, 7) is 9.10. The average Bonchev–Trinajstić information content (AvgIpc) is 2.88. The Morgan fingerprint density at radius 1 is 0.875 bits per heavy atom. The summed E-state index contributed by atoms with van der Waals surface area (Å²) in [4.78, 5) is 38.5. The van der Waals surface area contributed by atoms with Gasteiger partial charge in [0.05, 0.1) is 4.90 Å². The van der Waals surface area contributed by atoms with Crippen molar-refractivity contribution in [2.75, 3.05) is 0 Å². The molecule has 40 heavy (non-hydrogen) atoms. The van der Waals surface area contributed by atoms with Crippen molar-refractivity contribution >= 4 is 38.5 Å². The highest BCUT2D eigenvalue weighted by atomic mass is 32.2. The molecule has 0 aromatic heterocycles. The lowest BCUT2D eigenvalue weighted by Crippen LogP contribution is -2.53. The van der Waals surface area contributed by atoms with Gasteiger partial charge in [0.25, 0.3) is 0 Å². The molecule has 3 rings (SSSR count). The van der Waals surface area contributed by atoms with E-state index in [1.165, 1.54) is 19.1 Å². The van der Waals surface area contributed by atoms with Gasteiger partial charge in [-0.25, -0.2) is 8.42 Å². The van der Waals surface area contributed by atoms with Gasteiger partial charge < -0.3 is 16.0 Å². The fraction of sp³-hybridized carbons (Fsp3) is 0.367. The second-order valence-corrected chi connectivity index (χ2v) is 12.6. The molecule has 9 nitrogen and oxygen atoms in total. The van der Waals surface area contributed by atoms with Crippen LogP contribution in [0.3, 0.4) is 0 Å². The molecule has 0 spiro atoms. The maximum Gasteiger partial charge on any atom is 0.242 e. The second kappa shape index (κ2) is 13.1. The standard InChI is InChI=1S/C30H38N4O5S/c1-20-13-15-24(16-14-20)40(38,39)34-26(17-18-27(35)33-30(3,4)5)29(37)32-21(2)28(36)31-19-23-11-8-10-22-9-6-7-12-25(22)23/h6-16,21,26,34H,17-19H2,1-5H3,(H,31,36)(H,32,37)(H,33,35)/t21-,26-/m0/s1. The van der Waals surface area contributed by atoms with E-state index in [9.17, 15) is 22.8 Å². The number of hydrogen-bond acceptors (Lipinski definition) is 5. The zero-order chi connectivity index (χ0) is 29.5. The molecule has 0 aliphatic heterocycles. The fourth-order valence-corrected chi connectivity index (χ4v) is 5.36. The summed E-state index contributed by atoms with van der Waals surface area (Å²) >= 11 is 0. The Labute approximate surface area is 236 Å². The lowest BCUT2D eigenvalue weighted by Gasteiger charge is -2.23. The largest absolute Gasteiger partial charge is 0.352 e. The number of rotatable bonds is 11. The van der Waals surface area contributed by atoms with Crippen molar-refractivity contribution in [1.82, 2.24) is 20.7 Å². The van der Waals surface area contributed by atoms with Gasteiger partial charge in [0.2, 0.25) is 27.7 Å². The molecule has 2 atom stereocenters. The number of amides is 3. The van der Waals surface area contributed by atoms with E-state index < -0.39 is 39.5 Å². The molecule has 214 valence electrons. The topological polar surface area (TPSA) is 133 Å². The number of fused-ring (bicyclic) bond motifs is 1. The van der Waals surface area contributed by atoms with E-state index in [1.54, 1.807) is 12.1 Å². The quantitative estimate of drug-likeness (QED) is 0.283. The molecule has 0 bridgehead atoms. The number of sulfonamides is 1. The van der Waals surface area contributed by atoms with E-state index in [2.05, 4.69) is 20.7 Å². The number of hydrogen-bond donors (Lipinski definition) is 4. The van der Waals surface area contributed by atoms with Crippen molar-refractivity contribution in [3.8, 4) is 0 Å². The molecule has 0 saturated heterocycles. The Morgan fingerprint density at radius 3 is 2.20 bits per heavy atom. The molecule has 4 N–H and O–H groups in total. The molecule has 0 aliphatic carbocycles. The number of nitrogens with one attached hydrogen (secondary N) is 4. The summed E-state index contributed by atoms with van der Waals surface area (Å²) < 4.78 is 28.5. The average molecular weight is 567 g/mol. The third-order valence-electron chi connectivity index (χ3n) is 6.20. The predicted octanol–water partition coefficient (Wildman–Crippen LogP) is 3.31. The zero-order valence-electron chi connectivity index (χ0n) is 23.6. The van der Waals surface area contributed by atoms with Gasteiger partial charge in [0, 0.05) is 18.5 Å². The van der Waals surface area contributed by atoms with Gasteiger partial charge in [-0.1, -0.05) is 60.2 Å². The van der Waals surface area contributed by atoms with Crippen LogP contribution in [0.4, 0.5) is 0 Å². The molecule has 0 saturated carbocycles. The smallest absolute Gasteiger partial charge is 0.242 e. The Kier molecular flexibility index (Phi) is 10.1. The van der Waals surface area contributed by atoms with Crippen molar-refractivity contribution in [1.29, 1.82) is 0 Å². The van der Waals surface area contributed by atoms with Crippen molar-refractivity contribution in [3.05, 3.63) is 77.9 Å². The molecule has 0 radical (unpaired) electrons. The minimum absolute atomic E-state index is 0.00378. The molecule has 0 heterocycles. The van der Waals surface area contributed by atoms with E-state index in [0.717, 1.165) is 21.9 Å². The van der Waals surface area contributed by atoms with Crippen LogP contribution < -0.4 is 20.7 Å². The van der Waals surface area contributed by atoms with Crippen molar-refractivity contribution in [3.63, 3.8) is 0 Å². The summed E-state index contributed by atoms with van der Waals surface area (Å²) in [7, 11) is -4.07. The third-order valence-corrected chi connectivity index (χ3v) is 7.69. The molecule has 3 amide bonds. The van der Waals surface area contributed by atoms with E-state index >= 15 is 0 Å². The van der Waals surface area contributed by atoms with Gasteiger partial charge in [0.1, 0.15) is 12.1 Å². The lowest BCUT2D eigenvalue weighted by molar-refractivity contribution is -0.130. The summed E-state index contributed by atoms with van der Waals surface area (Å²) in [5.74, 6) is -1.44. The molecular formula is C30H38N4O5S. The molecule has 10 heteroatoms.